The largest absolute Gasteiger partial charge is 0.343 e. The normalized spacial score (nSPS) is 12.9. The Morgan fingerprint density at radius 1 is 1.25 bits per heavy atom. The molecule has 0 saturated carbocycles. The van der Waals surface area contributed by atoms with Crippen LogP contribution in [0.4, 0.5) is 0 Å². The lowest BCUT2D eigenvalue weighted by molar-refractivity contribution is 0.151. The Morgan fingerprint density at radius 2 is 1.83 bits per heavy atom. The first-order chi connectivity index (χ1) is 5.74. The topological polar surface area (TPSA) is 9.23 Å². The van der Waals surface area contributed by atoms with Gasteiger partial charge in [-0.25, -0.2) is 0 Å². The highest BCUT2D eigenvalue weighted by Crippen LogP contribution is 2.23. The van der Waals surface area contributed by atoms with E-state index >= 15 is 0 Å². The van der Waals surface area contributed by atoms with Gasteiger partial charge >= 0.3 is 0 Å². The standard InChI is InChI=1S/C8H7Cl3O/c9-5-12-8(11)6-1-3-7(10)4-2-6/h1-4,8H,5H2. The van der Waals surface area contributed by atoms with Gasteiger partial charge in [0.25, 0.3) is 0 Å². The molecule has 0 aliphatic heterocycles. The summed E-state index contributed by atoms with van der Waals surface area (Å²) in [6.45, 7) is 0. The van der Waals surface area contributed by atoms with Crippen molar-refractivity contribution in [3.63, 3.8) is 0 Å². The molecule has 0 aromatic heterocycles. The van der Waals surface area contributed by atoms with Crippen LogP contribution in [-0.4, -0.2) is 6.07 Å². The van der Waals surface area contributed by atoms with Gasteiger partial charge in [-0.3, -0.25) is 0 Å². The molecular formula is C8H7Cl3O. The maximum absolute atomic E-state index is 5.81. The summed E-state index contributed by atoms with van der Waals surface area (Å²) in [5.41, 5.74) is 0.349. The summed E-state index contributed by atoms with van der Waals surface area (Å²) in [6.07, 6.45) is 0. The van der Waals surface area contributed by atoms with Crippen molar-refractivity contribution >= 4 is 34.8 Å². The second-order valence-corrected chi connectivity index (χ2v) is 3.19. The Hall–Kier alpha value is 0.0500. The fourth-order valence-corrected chi connectivity index (χ4v) is 1.29. The Labute approximate surface area is 86.2 Å². The van der Waals surface area contributed by atoms with Crippen molar-refractivity contribution < 1.29 is 4.74 Å². The third-order valence-electron chi connectivity index (χ3n) is 1.34. The van der Waals surface area contributed by atoms with Gasteiger partial charge in [-0.15, -0.1) is 0 Å². The molecule has 0 radical (unpaired) electrons. The Balaban J connectivity index is 2.68. The van der Waals surface area contributed by atoms with Crippen molar-refractivity contribution in [3.8, 4) is 0 Å². The van der Waals surface area contributed by atoms with Crippen LogP contribution in [0.25, 0.3) is 0 Å². The average molecular weight is 226 g/mol. The van der Waals surface area contributed by atoms with Crippen molar-refractivity contribution in [3.05, 3.63) is 34.9 Å². The SMILES string of the molecule is ClCOC(Cl)c1ccc(Cl)cc1. The smallest absolute Gasteiger partial charge is 0.158 e. The molecule has 1 unspecified atom stereocenters. The van der Waals surface area contributed by atoms with Crippen LogP contribution in [0.5, 0.6) is 0 Å². The molecule has 12 heavy (non-hydrogen) atoms. The van der Waals surface area contributed by atoms with Crippen molar-refractivity contribution in [2.45, 2.75) is 5.56 Å². The monoisotopic (exact) mass is 224 g/mol. The molecule has 1 rings (SSSR count). The van der Waals surface area contributed by atoms with E-state index in [1.54, 1.807) is 24.3 Å². The third kappa shape index (κ3) is 2.83. The van der Waals surface area contributed by atoms with Gasteiger partial charge in [0, 0.05) is 5.02 Å². The van der Waals surface area contributed by atoms with E-state index in [-0.39, 0.29) is 6.07 Å². The Morgan fingerprint density at radius 3 is 2.33 bits per heavy atom. The average Bonchev–Trinajstić information content (AvgIpc) is 2.06. The van der Waals surface area contributed by atoms with Crippen LogP contribution in [0.3, 0.4) is 0 Å². The predicted octanol–water partition coefficient (Wildman–Crippen LogP) is 3.79. The first-order valence-corrected chi connectivity index (χ1v) is 4.66. The van der Waals surface area contributed by atoms with Gasteiger partial charge in [-0.05, 0) is 17.7 Å². The summed E-state index contributed by atoms with van der Waals surface area (Å²) in [6, 6.07) is 7.18. The first kappa shape index (κ1) is 10.1. The second kappa shape index (κ2) is 4.93. The highest BCUT2D eigenvalue weighted by Gasteiger charge is 2.05. The highest BCUT2D eigenvalue weighted by atomic mass is 35.5. The molecule has 0 aliphatic rings. The molecule has 0 amide bonds. The number of ether oxygens (including phenoxy) is 1. The minimum Gasteiger partial charge on any atom is -0.343 e. The molecule has 4 heteroatoms. The van der Waals surface area contributed by atoms with E-state index in [0.717, 1.165) is 5.56 Å². The molecule has 1 atom stereocenters. The number of hydrogen-bond donors (Lipinski definition) is 0. The lowest BCUT2D eigenvalue weighted by Gasteiger charge is -2.08. The van der Waals surface area contributed by atoms with Crippen molar-refractivity contribution in [1.29, 1.82) is 0 Å². The van der Waals surface area contributed by atoms with E-state index in [1.807, 2.05) is 0 Å². The van der Waals surface area contributed by atoms with Gasteiger partial charge in [0.1, 0.15) is 6.07 Å². The van der Waals surface area contributed by atoms with Crippen LogP contribution in [0.2, 0.25) is 5.02 Å². The molecule has 66 valence electrons. The second-order valence-electron chi connectivity index (χ2n) is 2.14. The number of rotatable bonds is 3. The summed E-state index contributed by atoms with van der Waals surface area (Å²) in [4.78, 5) is 0. The first-order valence-electron chi connectivity index (χ1n) is 3.31. The third-order valence-corrected chi connectivity index (χ3v) is 2.10. The van der Waals surface area contributed by atoms with Crippen molar-refractivity contribution in [2.75, 3.05) is 6.07 Å². The molecule has 0 fully saturated rings. The van der Waals surface area contributed by atoms with Crippen LogP contribution in [0.15, 0.2) is 24.3 Å². The maximum Gasteiger partial charge on any atom is 0.158 e. The summed E-state index contributed by atoms with van der Waals surface area (Å²) in [7, 11) is 0. The van der Waals surface area contributed by atoms with E-state index in [0.29, 0.717) is 5.02 Å². The summed E-state index contributed by atoms with van der Waals surface area (Å²) >= 11 is 16.8. The van der Waals surface area contributed by atoms with E-state index < -0.39 is 5.56 Å². The molecule has 1 nitrogen and oxygen atoms in total. The molecule has 0 aliphatic carbocycles. The predicted molar refractivity (Wildman–Crippen MR) is 51.9 cm³/mol. The van der Waals surface area contributed by atoms with E-state index in [4.69, 9.17) is 39.5 Å². The zero-order valence-corrected chi connectivity index (χ0v) is 8.40. The summed E-state index contributed by atoms with van der Waals surface area (Å²) < 4.78 is 4.96. The quantitative estimate of drug-likeness (QED) is 0.711. The van der Waals surface area contributed by atoms with Gasteiger partial charge in [0.05, 0.1) is 0 Å². The molecule has 0 heterocycles. The maximum atomic E-state index is 5.81. The lowest BCUT2D eigenvalue weighted by atomic mass is 10.2. The van der Waals surface area contributed by atoms with Crippen LogP contribution >= 0.6 is 34.8 Å². The van der Waals surface area contributed by atoms with Gasteiger partial charge in [0.15, 0.2) is 5.56 Å². The van der Waals surface area contributed by atoms with Gasteiger partial charge < -0.3 is 4.74 Å². The number of alkyl halides is 2. The highest BCUT2D eigenvalue weighted by molar-refractivity contribution is 6.30. The molecule has 0 saturated heterocycles. The zero-order chi connectivity index (χ0) is 8.97. The molecule has 1 aromatic carbocycles. The molecule has 0 N–H and O–H groups in total. The van der Waals surface area contributed by atoms with Crippen LogP contribution in [0, 0.1) is 0 Å². The van der Waals surface area contributed by atoms with Gasteiger partial charge in [0.2, 0.25) is 0 Å². The van der Waals surface area contributed by atoms with E-state index in [2.05, 4.69) is 0 Å². The van der Waals surface area contributed by atoms with Crippen LogP contribution in [-0.2, 0) is 4.74 Å². The Bertz CT molecular complexity index is 235. The minimum atomic E-state index is -0.500. The molecular weight excluding hydrogens is 218 g/mol. The number of benzene rings is 1. The van der Waals surface area contributed by atoms with Gasteiger partial charge in [-0.2, -0.15) is 0 Å². The number of halogens is 3. The molecule has 0 spiro atoms. The fourth-order valence-electron chi connectivity index (χ4n) is 0.766. The van der Waals surface area contributed by atoms with Crippen LogP contribution < -0.4 is 0 Å². The molecule has 0 bridgehead atoms. The van der Waals surface area contributed by atoms with Crippen molar-refractivity contribution in [1.82, 2.24) is 0 Å². The van der Waals surface area contributed by atoms with Crippen LogP contribution in [0.1, 0.15) is 11.1 Å². The lowest BCUT2D eigenvalue weighted by Crippen LogP contribution is -1.94. The zero-order valence-electron chi connectivity index (χ0n) is 6.14. The van der Waals surface area contributed by atoms with Gasteiger partial charge in [-0.1, -0.05) is 46.9 Å². The van der Waals surface area contributed by atoms with Crippen molar-refractivity contribution in [2.24, 2.45) is 0 Å². The fraction of sp³-hybridized carbons (Fsp3) is 0.250. The Kier molecular flexibility index (Phi) is 4.16. The molecule has 1 aromatic rings. The summed E-state index contributed by atoms with van der Waals surface area (Å²) in [5, 5.41) is 0.675. The van der Waals surface area contributed by atoms with E-state index in [9.17, 15) is 0 Å². The van der Waals surface area contributed by atoms with E-state index in [1.165, 1.54) is 0 Å². The minimum absolute atomic E-state index is 0.0802. The number of hydrogen-bond acceptors (Lipinski definition) is 1. The summed E-state index contributed by atoms with van der Waals surface area (Å²) in [5.74, 6) is 0.